The zero-order valence-electron chi connectivity index (χ0n) is 14.6. The molecular weight excluding hydrogens is 336 g/mol. The molecule has 2 aromatic rings. The van der Waals surface area contributed by atoms with Crippen molar-refractivity contribution in [3.63, 3.8) is 0 Å². The summed E-state index contributed by atoms with van der Waals surface area (Å²) in [5.41, 5.74) is 1.47. The van der Waals surface area contributed by atoms with E-state index in [-0.39, 0.29) is 17.7 Å². The van der Waals surface area contributed by atoms with Crippen molar-refractivity contribution in [2.75, 3.05) is 19.4 Å². The molecule has 0 aliphatic carbocycles. The Morgan fingerprint density at radius 2 is 1.92 bits per heavy atom. The molecule has 0 bridgehead atoms. The van der Waals surface area contributed by atoms with Crippen LogP contribution in [0.4, 0.5) is 0 Å². The summed E-state index contributed by atoms with van der Waals surface area (Å²) in [4.78, 5) is 30.4. The number of aromatic nitrogens is 1. The monoisotopic (exact) mass is 358 g/mol. The van der Waals surface area contributed by atoms with Crippen LogP contribution < -0.4 is 0 Å². The summed E-state index contributed by atoms with van der Waals surface area (Å²) in [7, 11) is 1.78. The van der Waals surface area contributed by atoms with Gasteiger partial charge in [0.05, 0.1) is 24.0 Å². The van der Waals surface area contributed by atoms with Crippen LogP contribution in [-0.4, -0.2) is 41.2 Å². The second-order valence-corrected chi connectivity index (χ2v) is 6.42. The van der Waals surface area contributed by atoms with Crippen LogP contribution in [0, 0.1) is 0 Å². The molecule has 0 aliphatic rings. The molecule has 0 spiro atoms. The highest BCUT2D eigenvalue weighted by atomic mass is 32.2. The molecule has 0 radical (unpaired) electrons. The van der Waals surface area contributed by atoms with Crippen molar-refractivity contribution in [1.29, 1.82) is 0 Å². The molecule has 1 heterocycles. The lowest BCUT2D eigenvalue weighted by Gasteiger charge is -2.25. The fourth-order valence-corrected chi connectivity index (χ4v) is 3.18. The van der Waals surface area contributed by atoms with E-state index in [1.807, 2.05) is 37.3 Å². The number of rotatable bonds is 7. The largest absolute Gasteiger partial charge is 0.462 e. The molecule has 6 heteroatoms. The van der Waals surface area contributed by atoms with Gasteiger partial charge in [-0.25, -0.2) is 9.78 Å². The highest BCUT2D eigenvalue weighted by Crippen LogP contribution is 2.23. The third-order valence-corrected chi connectivity index (χ3v) is 4.85. The summed E-state index contributed by atoms with van der Waals surface area (Å²) in [6, 6.07) is 13.2. The van der Waals surface area contributed by atoms with E-state index in [9.17, 15) is 9.59 Å². The van der Waals surface area contributed by atoms with E-state index < -0.39 is 5.97 Å². The van der Waals surface area contributed by atoms with E-state index in [0.29, 0.717) is 17.2 Å². The lowest BCUT2D eigenvalue weighted by Crippen LogP contribution is -2.31. The number of esters is 1. The second-order valence-electron chi connectivity index (χ2n) is 5.46. The Hall–Kier alpha value is -2.34. The van der Waals surface area contributed by atoms with E-state index in [1.54, 1.807) is 37.2 Å². The molecule has 1 atom stereocenters. The number of pyridine rings is 1. The van der Waals surface area contributed by atoms with Gasteiger partial charge < -0.3 is 9.64 Å². The van der Waals surface area contributed by atoms with Crippen molar-refractivity contribution in [3.8, 4) is 0 Å². The number of hydrogen-bond donors (Lipinski definition) is 0. The second kappa shape index (κ2) is 9.22. The maximum atomic E-state index is 12.5. The summed E-state index contributed by atoms with van der Waals surface area (Å²) < 4.78 is 5.03. The third-order valence-electron chi connectivity index (χ3n) is 3.86. The number of nitrogens with zero attached hydrogens (tertiary/aromatic N) is 2. The van der Waals surface area contributed by atoms with E-state index in [2.05, 4.69) is 4.98 Å². The van der Waals surface area contributed by atoms with Crippen LogP contribution in [0.2, 0.25) is 0 Å². The molecule has 2 rings (SSSR count). The van der Waals surface area contributed by atoms with Crippen molar-refractivity contribution in [2.24, 2.45) is 0 Å². The minimum atomic E-state index is -0.420. The van der Waals surface area contributed by atoms with E-state index in [0.717, 1.165) is 5.56 Å². The Labute approximate surface area is 152 Å². The summed E-state index contributed by atoms with van der Waals surface area (Å²) in [5, 5.41) is 0.509. The molecule has 0 aliphatic heterocycles. The quantitative estimate of drug-likeness (QED) is 0.559. The fraction of sp³-hybridized carbons (Fsp3) is 0.316. The van der Waals surface area contributed by atoms with Gasteiger partial charge in [0.2, 0.25) is 5.91 Å². The van der Waals surface area contributed by atoms with Gasteiger partial charge in [0.15, 0.2) is 0 Å². The minimum Gasteiger partial charge on any atom is -0.462 e. The molecule has 5 nitrogen and oxygen atoms in total. The van der Waals surface area contributed by atoms with Crippen molar-refractivity contribution >= 4 is 23.6 Å². The van der Waals surface area contributed by atoms with Crippen LogP contribution in [0.1, 0.15) is 35.8 Å². The Bertz CT molecular complexity index is 722. The lowest BCUT2D eigenvalue weighted by molar-refractivity contribution is -0.128. The average molecular weight is 358 g/mol. The Morgan fingerprint density at radius 3 is 2.60 bits per heavy atom. The van der Waals surface area contributed by atoms with Crippen LogP contribution in [0.5, 0.6) is 0 Å². The molecule has 25 heavy (non-hydrogen) atoms. The zero-order chi connectivity index (χ0) is 18.2. The number of thioether (sulfide) groups is 1. The van der Waals surface area contributed by atoms with E-state index >= 15 is 0 Å². The van der Waals surface area contributed by atoms with Gasteiger partial charge in [-0.15, -0.1) is 0 Å². The summed E-state index contributed by atoms with van der Waals surface area (Å²) in [6.07, 6.45) is 1.60. The van der Waals surface area contributed by atoms with Crippen LogP contribution >= 0.6 is 11.8 Å². The average Bonchev–Trinajstić information content (AvgIpc) is 2.66. The molecule has 1 unspecified atom stereocenters. The smallest absolute Gasteiger partial charge is 0.340 e. The van der Waals surface area contributed by atoms with Gasteiger partial charge in [0.1, 0.15) is 5.03 Å². The normalized spacial score (nSPS) is 11.6. The van der Waals surface area contributed by atoms with Crippen molar-refractivity contribution < 1.29 is 14.3 Å². The SMILES string of the molecule is CCOC(=O)c1cccnc1SCC(=O)N(C)C(C)c1ccccc1. The van der Waals surface area contributed by atoms with Crippen molar-refractivity contribution in [1.82, 2.24) is 9.88 Å². The summed E-state index contributed by atoms with van der Waals surface area (Å²) >= 11 is 1.25. The number of hydrogen-bond acceptors (Lipinski definition) is 5. The molecule has 1 aromatic carbocycles. The predicted molar refractivity (Wildman–Crippen MR) is 98.5 cm³/mol. The highest BCUT2D eigenvalue weighted by Gasteiger charge is 2.19. The minimum absolute atomic E-state index is 0.0254. The lowest BCUT2D eigenvalue weighted by atomic mass is 10.1. The molecule has 0 fully saturated rings. The summed E-state index contributed by atoms with van der Waals surface area (Å²) in [6.45, 7) is 4.04. The molecule has 1 aromatic heterocycles. The van der Waals surface area contributed by atoms with Gasteiger partial charge in [-0.1, -0.05) is 42.1 Å². The number of carbonyl (C=O) groups excluding carboxylic acids is 2. The Morgan fingerprint density at radius 1 is 1.20 bits per heavy atom. The first-order chi connectivity index (χ1) is 12.0. The van der Waals surface area contributed by atoms with Gasteiger partial charge in [-0.05, 0) is 31.5 Å². The van der Waals surface area contributed by atoms with Crippen LogP contribution in [-0.2, 0) is 9.53 Å². The number of ether oxygens (including phenoxy) is 1. The van der Waals surface area contributed by atoms with E-state index in [1.165, 1.54) is 11.8 Å². The summed E-state index contributed by atoms with van der Waals surface area (Å²) in [5.74, 6) is -0.241. The molecule has 0 saturated heterocycles. The topological polar surface area (TPSA) is 59.5 Å². The standard InChI is InChI=1S/C19H22N2O3S/c1-4-24-19(23)16-11-8-12-20-18(16)25-13-17(22)21(3)14(2)15-9-6-5-7-10-15/h5-12,14H,4,13H2,1-3H3. The van der Waals surface area contributed by atoms with Gasteiger partial charge in [0.25, 0.3) is 0 Å². The molecule has 0 saturated carbocycles. The van der Waals surface area contributed by atoms with E-state index in [4.69, 9.17) is 4.74 Å². The fourth-order valence-electron chi connectivity index (χ4n) is 2.27. The number of amides is 1. The maximum absolute atomic E-state index is 12.5. The van der Waals surface area contributed by atoms with Crippen LogP contribution in [0.25, 0.3) is 0 Å². The third kappa shape index (κ3) is 5.06. The van der Waals surface area contributed by atoms with Crippen molar-refractivity contribution in [3.05, 3.63) is 59.8 Å². The van der Waals surface area contributed by atoms with Gasteiger partial charge in [0, 0.05) is 13.2 Å². The number of carbonyl (C=O) groups is 2. The first-order valence-electron chi connectivity index (χ1n) is 8.10. The zero-order valence-corrected chi connectivity index (χ0v) is 15.5. The highest BCUT2D eigenvalue weighted by molar-refractivity contribution is 8.00. The van der Waals surface area contributed by atoms with Gasteiger partial charge in [-0.2, -0.15) is 0 Å². The molecular formula is C19H22N2O3S. The van der Waals surface area contributed by atoms with Crippen molar-refractivity contribution in [2.45, 2.75) is 24.9 Å². The molecule has 1 amide bonds. The first-order valence-corrected chi connectivity index (χ1v) is 9.08. The predicted octanol–water partition coefficient (Wildman–Crippen LogP) is 3.57. The van der Waals surface area contributed by atoms with Gasteiger partial charge >= 0.3 is 5.97 Å². The van der Waals surface area contributed by atoms with Crippen LogP contribution in [0.3, 0.4) is 0 Å². The molecule has 132 valence electrons. The maximum Gasteiger partial charge on any atom is 0.340 e. The Kier molecular flexibility index (Phi) is 7.01. The number of benzene rings is 1. The Balaban J connectivity index is 2.01. The first kappa shape index (κ1) is 19.0. The molecule has 0 N–H and O–H groups in total. The van der Waals surface area contributed by atoms with Crippen LogP contribution in [0.15, 0.2) is 53.7 Å². The van der Waals surface area contributed by atoms with Gasteiger partial charge in [-0.3, -0.25) is 4.79 Å².